The van der Waals surface area contributed by atoms with Gasteiger partial charge in [-0.25, -0.2) is 13.1 Å². The quantitative estimate of drug-likeness (QED) is 0.629. The van der Waals surface area contributed by atoms with E-state index in [9.17, 15) is 8.42 Å². The molecule has 7 heteroatoms. The van der Waals surface area contributed by atoms with Crippen molar-refractivity contribution in [3.63, 3.8) is 0 Å². The van der Waals surface area contributed by atoms with Gasteiger partial charge in [0.2, 0.25) is 0 Å². The lowest BCUT2D eigenvalue weighted by atomic mass is 10.1. The predicted octanol–water partition coefficient (Wildman–Crippen LogP) is -0.294. The number of H-pyrrole nitrogens is 1. The lowest BCUT2D eigenvalue weighted by Gasteiger charge is -2.10. The fourth-order valence-corrected chi connectivity index (χ4v) is 2.12. The summed E-state index contributed by atoms with van der Waals surface area (Å²) in [4.78, 5) is 0. The van der Waals surface area contributed by atoms with Crippen LogP contribution in [0.2, 0.25) is 0 Å². The van der Waals surface area contributed by atoms with E-state index in [0.29, 0.717) is 13.0 Å². The molecule has 6 nitrogen and oxygen atoms in total. The Kier molecular flexibility index (Phi) is 4.25. The van der Waals surface area contributed by atoms with E-state index in [-0.39, 0.29) is 17.6 Å². The van der Waals surface area contributed by atoms with Crippen molar-refractivity contribution in [1.82, 2.24) is 14.9 Å². The Morgan fingerprint density at radius 1 is 1.67 bits per heavy atom. The molecule has 0 fully saturated rings. The molecule has 3 N–H and O–H groups in total. The second-order valence-electron chi connectivity index (χ2n) is 3.39. The molecule has 0 radical (unpaired) electrons. The zero-order chi connectivity index (χ0) is 11.3. The fraction of sp³-hybridized carbons (Fsp3) is 0.625. The number of nitrogens with zero attached hydrogens (tertiary/aromatic N) is 1. The number of hydrogen-bond donors (Lipinski definition) is 3. The first-order valence-corrected chi connectivity index (χ1v) is 6.14. The maximum atomic E-state index is 11.6. The molecule has 1 heterocycles. The van der Waals surface area contributed by atoms with Crippen molar-refractivity contribution >= 4 is 10.0 Å². The van der Waals surface area contributed by atoms with Crippen LogP contribution in [0.4, 0.5) is 0 Å². The van der Waals surface area contributed by atoms with Crippen LogP contribution in [0.3, 0.4) is 0 Å². The number of aliphatic hydroxyl groups excluding tert-OH is 1. The van der Waals surface area contributed by atoms with Crippen molar-refractivity contribution < 1.29 is 13.5 Å². The Balaban J connectivity index is 2.52. The molecule has 1 aromatic heterocycles. The number of aromatic nitrogens is 2. The highest BCUT2D eigenvalue weighted by atomic mass is 32.2. The highest BCUT2D eigenvalue weighted by molar-refractivity contribution is 7.89. The molecule has 86 valence electrons. The van der Waals surface area contributed by atoms with Crippen molar-refractivity contribution in [1.29, 1.82) is 0 Å². The largest absolute Gasteiger partial charge is 0.396 e. The third-order valence-electron chi connectivity index (χ3n) is 2.01. The van der Waals surface area contributed by atoms with Crippen LogP contribution in [-0.2, 0) is 10.0 Å². The molecule has 15 heavy (non-hydrogen) atoms. The van der Waals surface area contributed by atoms with Gasteiger partial charge in [-0.1, -0.05) is 6.92 Å². The maximum absolute atomic E-state index is 11.6. The third kappa shape index (κ3) is 3.61. The van der Waals surface area contributed by atoms with E-state index in [1.165, 1.54) is 12.3 Å². The molecule has 0 aliphatic rings. The van der Waals surface area contributed by atoms with E-state index in [1.807, 2.05) is 6.92 Å². The van der Waals surface area contributed by atoms with Crippen LogP contribution in [0.25, 0.3) is 0 Å². The highest BCUT2D eigenvalue weighted by Gasteiger charge is 2.15. The van der Waals surface area contributed by atoms with Gasteiger partial charge in [0.05, 0.1) is 6.20 Å². The zero-order valence-corrected chi connectivity index (χ0v) is 9.29. The summed E-state index contributed by atoms with van der Waals surface area (Å²) in [6.07, 6.45) is 1.96. The van der Waals surface area contributed by atoms with Crippen LogP contribution in [-0.4, -0.2) is 36.9 Å². The smallest absolute Gasteiger partial charge is 0.257 e. The Labute approximate surface area is 88.8 Å². The summed E-state index contributed by atoms with van der Waals surface area (Å²) in [6, 6.07) is 1.39. The Bertz CT molecular complexity index is 374. The van der Waals surface area contributed by atoms with Crippen LogP contribution in [0, 0.1) is 5.92 Å². The van der Waals surface area contributed by atoms with E-state index in [2.05, 4.69) is 14.9 Å². The molecular weight excluding hydrogens is 218 g/mol. The second-order valence-corrected chi connectivity index (χ2v) is 5.13. The number of aliphatic hydroxyl groups is 1. The van der Waals surface area contributed by atoms with Crippen LogP contribution in [0.5, 0.6) is 0 Å². The Morgan fingerprint density at radius 2 is 2.40 bits per heavy atom. The summed E-state index contributed by atoms with van der Waals surface area (Å²) in [5, 5.41) is 14.7. The zero-order valence-electron chi connectivity index (χ0n) is 8.47. The van der Waals surface area contributed by atoms with Gasteiger partial charge in [-0.05, 0) is 18.4 Å². The van der Waals surface area contributed by atoms with Crippen LogP contribution < -0.4 is 4.72 Å². The molecule has 0 amide bonds. The van der Waals surface area contributed by atoms with Crippen LogP contribution in [0.1, 0.15) is 13.3 Å². The number of aromatic amines is 1. The number of hydrogen-bond acceptors (Lipinski definition) is 4. The minimum Gasteiger partial charge on any atom is -0.396 e. The van der Waals surface area contributed by atoms with E-state index >= 15 is 0 Å². The average Bonchev–Trinajstić information content (AvgIpc) is 2.69. The standard InChI is InChI=1S/C8H15N3O3S/c1-7(3-5-12)6-10-15(13,14)8-2-4-9-11-8/h2,4,7,10,12H,3,5-6H2,1H3,(H,9,11). The van der Waals surface area contributed by atoms with Gasteiger partial charge in [-0.2, -0.15) is 5.10 Å². The van der Waals surface area contributed by atoms with Gasteiger partial charge in [-0.3, -0.25) is 5.10 Å². The highest BCUT2D eigenvalue weighted by Crippen LogP contribution is 2.04. The molecule has 1 rings (SSSR count). The molecule has 0 bridgehead atoms. The van der Waals surface area contributed by atoms with Crippen molar-refractivity contribution in [3.05, 3.63) is 12.3 Å². The van der Waals surface area contributed by atoms with Gasteiger partial charge in [0.25, 0.3) is 10.0 Å². The molecular formula is C8H15N3O3S. The lowest BCUT2D eigenvalue weighted by Crippen LogP contribution is -2.29. The van der Waals surface area contributed by atoms with Crippen molar-refractivity contribution in [3.8, 4) is 0 Å². The molecule has 0 saturated heterocycles. The predicted molar refractivity (Wildman–Crippen MR) is 54.6 cm³/mol. The van der Waals surface area contributed by atoms with Crippen LogP contribution in [0.15, 0.2) is 17.3 Å². The Hall–Kier alpha value is -0.920. The monoisotopic (exact) mass is 233 g/mol. The van der Waals surface area contributed by atoms with Gasteiger partial charge in [-0.15, -0.1) is 0 Å². The van der Waals surface area contributed by atoms with E-state index in [0.717, 1.165) is 0 Å². The number of rotatable bonds is 6. The summed E-state index contributed by atoms with van der Waals surface area (Å²) in [5.41, 5.74) is 0. The minimum absolute atomic E-state index is 0.0544. The average molecular weight is 233 g/mol. The lowest BCUT2D eigenvalue weighted by molar-refractivity contribution is 0.263. The Morgan fingerprint density at radius 3 is 2.93 bits per heavy atom. The third-order valence-corrected chi connectivity index (χ3v) is 3.36. The first-order valence-electron chi connectivity index (χ1n) is 4.66. The van der Waals surface area contributed by atoms with Gasteiger partial charge in [0, 0.05) is 13.2 Å². The van der Waals surface area contributed by atoms with Gasteiger partial charge in [0.1, 0.15) is 0 Å². The minimum atomic E-state index is -3.48. The summed E-state index contributed by atoms with van der Waals surface area (Å²) >= 11 is 0. The first-order chi connectivity index (χ1) is 7.06. The van der Waals surface area contributed by atoms with Crippen molar-refractivity contribution in [2.75, 3.05) is 13.2 Å². The number of sulfonamides is 1. The summed E-state index contributed by atoms with van der Waals surface area (Å²) in [5.74, 6) is 0.104. The molecule has 1 atom stereocenters. The molecule has 0 aromatic carbocycles. The molecule has 1 aromatic rings. The molecule has 0 spiro atoms. The topological polar surface area (TPSA) is 95.1 Å². The van der Waals surface area contributed by atoms with Crippen LogP contribution >= 0.6 is 0 Å². The normalized spacial score (nSPS) is 14.0. The molecule has 0 aliphatic carbocycles. The first kappa shape index (κ1) is 12.2. The summed E-state index contributed by atoms with van der Waals surface area (Å²) < 4.78 is 25.6. The van der Waals surface area contributed by atoms with Crippen molar-refractivity contribution in [2.45, 2.75) is 18.4 Å². The fourth-order valence-electron chi connectivity index (χ4n) is 1.04. The molecule has 0 aliphatic heterocycles. The van der Waals surface area contributed by atoms with Gasteiger partial charge < -0.3 is 5.11 Å². The second kappa shape index (κ2) is 5.24. The van der Waals surface area contributed by atoms with Gasteiger partial charge in [0.15, 0.2) is 5.03 Å². The summed E-state index contributed by atoms with van der Waals surface area (Å²) in [7, 11) is -3.48. The van der Waals surface area contributed by atoms with E-state index < -0.39 is 10.0 Å². The van der Waals surface area contributed by atoms with Crippen molar-refractivity contribution in [2.24, 2.45) is 5.92 Å². The van der Waals surface area contributed by atoms with E-state index in [1.54, 1.807) is 0 Å². The molecule has 1 unspecified atom stereocenters. The number of nitrogens with one attached hydrogen (secondary N) is 2. The SMILES string of the molecule is CC(CCO)CNS(=O)(=O)c1ccn[nH]1. The maximum Gasteiger partial charge on any atom is 0.257 e. The van der Waals surface area contributed by atoms with E-state index in [4.69, 9.17) is 5.11 Å². The summed E-state index contributed by atoms with van der Waals surface area (Å²) in [6.45, 7) is 2.24. The molecule has 0 saturated carbocycles. The van der Waals surface area contributed by atoms with Gasteiger partial charge >= 0.3 is 0 Å².